The third kappa shape index (κ3) is 3.55. The Kier molecular flexibility index (Phi) is 4.66. The first-order valence-corrected chi connectivity index (χ1v) is 8.56. The number of nitrogens with one attached hydrogen (secondary N) is 1. The predicted molar refractivity (Wildman–Crippen MR) is 91.6 cm³/mol. The van der Waals surface area contributed by atoms with E-state index in [-0.39, 0.29) is 18.1 Å². The van der Waals surface area contributed by atoms with Gasteiger partial charge in [-0.05, 0) is 43.5 Å². The number of hydrogen-bond donors (Lipinski definition) is 1. The number of aryl methyl sites for hydroxylation is 2. The van der Waals surface area contributed by atoms with Crippen molar-refractivity contribution in [1.82, 2.24) is 14.3 Å². The van der Waals surface area contributed by atoms with Gasteiger partial charge in [-0.15, -0.1) is 0 Å². The first kappa shape index (κ1) is 16.0. The highest BCUT2D eigenvalue weighted by Gasteiger charge is 2.17. The normalized spacial score (nSPS) is 14.2. The maximum absolute atomic E-state index is 12.3. The summed E-state index contributed by atoms with van der Waals surface area (Å²) in [4.78, 5) is 24.5. The van der Waals surface area contributed by atoms with Crippen LogP contribution < -0.4 is 11.0 Å². The largest absolute Gasteiger partial charge is 0.346 e. The first-order chi connectivity index (χ1) is 11.0. The fourth-order valence-electron chi connectivity index (χ4n) is 2.79. The Bertz CT molecular complexity index is 794. The molecule has 1 aromatic heterocycles. The van der Waals surface area contributed by atoms with Gasteiger partial charge in [-0.3, -0.25) is 9.36 Å². The molecule has 0 aliphatic carbocycles. The molecule has 0 bridgehead atoms. The zero-order chi connectivity index (χ0) is 16.4. The van der Waals surface area contributed by atoms with Crippen LogP contribution in [0.3, 0.4) is 0 Å². The Morgan fingerprint density at radius 3 is 2.96 bits per heavy atom. The smallest absolute Gasteiger partial charge is 0.324 e. The molecule has 122 valence electrons. The summed E-state index contributed by atoms with van der Waals surface area (Å²) in [6, 6.07) is 5.59. The molecule has 1 N–H and O–H groups in total. The van der Waals surface area contributed by atoms with Gasteiger partial charge in [0.15, 0.2) is 0 Å². The molecule has 0 radical (unpaired) electrons. The fraction of sp³-hybridized carbons (Fsp3) is 0.438. The minimum atomic E-state index is -0.248. The summed E-state index contributed by atoms with van der Waals surface area (Å²) in [6.07, 6.45) is 3.95. The second kappa shape index (κ2) is 6.70. The SMILES string of the molecule is Cc1cc(NC(=O)Cn2nc3n(c2=O)CCCCC3)ccc1Br. The molecule has 3 rings (SSSR count). The van der Waals surface area contributed by atoms with Crippen LogP contribution in [0.1, 0.15) is 30.7 Å². The van der Waals surface area contributed by atoms with Gasteiger partial charge in [0.1, 0.15) is 12.4 Å². The number of aromatic nitrogens is 3. The summed E-state index contributed by atoms with van der Waals surface area (Å²) in [7, 11) is 0. The molecule has 1 aromatic carbocycles. The van der Waals surface area contributed by atoms with E-state index in [1.165, 1.54) is 4.68 Å². The molecule has 0 atom stereocenters. The van der Waals surface area contributed by atoms with Crippen molar-refractivity contribution < 1.29 is 4.79 Å². The fourth-order valence-corrected chi connectivity index (χ4v) is 3.03. The van der Waals surface area contributed by atoms with Gasteiger partial charge in [0, 0.05) is 23.1 Å². The number of halogens is 1. The second-order valence-electron chi connectivity index (χ2n) is 5.83. The molecular weight excluding hydrogens is 360 g/mol. The van der Waals surface area contributed by atoms with E-state index in [4.69, 9.17) is 0 Å². The molecule has 1 aliphatic heterocycles. The topological polar surface area (TPSA) is 68.9 Å². The maximum atomic E-state index is 12.3. The predicted octanol–water partition coefficient (Wildman–Crippen LogP) is 2.48. The molecule has 7 heteroatoms. The van der Waals surface area contributed by atoms with E-state index >= 15 is 0 Å². The number of carbonyl (C=O) groups excluding carboxylic acids is 1. The van der Waals surface area contributed by atoms with Gasteiger partial charge in [-0.2, -0.15) is 5.10 Å². The molecule has 6 nitrogen and oxygen atoms in total. The molecule has 23 heavy (non-hydrogen) atoms. The van der Waals surface area contributed by atoms with Crippen LogP contribution in [-0.2, 0) is 24.3 Å². The Morgan fingerprint density at radius 1 is 1.35 bits per heavy atom. The highest BCUT2D eigenvalue weighted by atomic mass is 79.9. The summed E-state index contributed by atoms with van der Waals surface area (Å²) in [5.74, 6) is 0.543. The number of rotatable bonds is 3. The van der Waals surface area contributed by atoms with Crippen LogP contribution >= 0.6 is 15.9 Å². The van der Waals surface area contributed by atoms with Crippen LogP contribution in [0.4, 0.5) is 5.69 Å². The lowest BCUT2D eigenvalue weighted by Crippen LogP contribution is -2.30. The Morgan fingerprint density at radius 2 is 2.17 bits per heavy atom. The Balaban J connectivity index is 1.73. The van der Waals surface area contributed by atoms with E-state index in [2.05, 4.69) is 26.3 Å². The summed E-state index contributed by atoms with van der Waals surface area (Å²) < 4.78 is 3.95. The molecule has 0 spiro atoms. The van der Waals surface area contributed by atoms with E-state index in [1.54, 1.807) is 4.57 Å². The number of hydrogen-bond acceptors (Lipinski definition) is 3. The molecular formula is C16H19BrN4O2. The third-order valence-corrected chi connectivity index (χ3v) is 4.91. The van der Waals surface area contributed by atoms with Gasteiger partial charge in [0.05, 0.1) is 0 Å². The van der Waals surface area contributed by atoms with Gasteiger partial charge in [-0.1, -0.05) is 22.4 Å². The highest BCUT2D eigenvalue weighted by Crippen LogP contribution is 2.20. The summed E-state index contributed by atoms with van der Waals surface area (Å²) in [5.41, 5.74) is 1.56. The molecule has 2 aromatic rings. The third-order valence-electron chi connectivity index (χ3n) is 4.02. The van der Waals surface area contributed by atoms with Crippen molar-refractivity contribution in [3.63, 3.8) is 0 Å². The average molecular weight is 379 g/mol. The number of carbonyl (C=O) groups is 1. The number of benzene rings is 1. The van der Waals surface area contributed by atoms with Crippen LogP contribution in [0, 0.1) is 6.92 Å². The number of fused-ring (bicyclic) bond motifs is 1. The van der Waals surface area contributed by atoms with E-state index in [0.717, 1.165) is 41.5 Å². The van der Waals surface area contributed by atoms with Gasteiger partial charge < -0.3 is 5.32 Å². The van der Waals surface area contributed by atoms with Gasteiger partial charge in [-0.25, -0.2) is 9.48 Å². The number of nitrogens with zero attached hydrogens (tertiary/aromatic N) is 3. The van der Waals surface area contributed by atoms with Crippen molar-refractivity contribution in [3.8, 4) is 0 Å². The number of anilines is 1. The quantitative estimate of drug-likeness (QED) is 0.891. The molecule has 1 amide bonds. The second-order valence-corrected chi connectivity index (χ2v) is 6.69. The minimum absolute atomic E-state index is 0.0616. The van der Waals surface area contributed by atoms with E-state index in [0.29, 0.717) is 12.2 Å². The van der Waals surface area contributed by atoms with E-state index < -0.39 is 0 Å². The van der Waals surface area contributed by atoms with Crippen molar-refractivity contribution in [1.29, 1.82) is 0 Å². The van der Waals surface area contributed by atoms with E-state index in [9.17, 15) is 9.59 Å². The monoisotopic (exact) mass is 378 g/mol. The molecule has 0 unspecified atom stereocenters. The summed E-state index contributed by atoms with van der Waals surface area (Å²) in [6.45, 7) is 2.59. The standard InChI is InChI=1S/C16H19BrN4O2/c1-11-9-12(6-7-13(11)17)18-15(22)10-21-16(23)20-8-4-2-3-5-14(20)19-21/h6-7,9H,2-5,8,10H2,1H3,(H,18,22). The lowest BCUT2D eigenvalue weighted by Gasteiger charge is -2.07. The van der Waals surface area contributed by atoms with Crippen molar-refractivity contribution in [2.75, 3.05) is 5.32 Å². The minimum Gasteiger partial charge on any atom is -0.324 e. The summed E-state index contributed by atoms with van der Waals surface area (Å²) in [5, 5.41) is 7.13. The highest BCUT2D eigenvalue weighted by molar-refractivity contribution is 9.10. The van der Waals surface area contributed by atoms with Crippen LogP contribution in [0.25, 0.3) is 0 Å². The van der Waals surface area contributed by atoms with Crippen molar-refractivity contribution >= 4 is 27.5 Å². The van der Waals surface area contributed by atoms with E-state index in [1.807, 2.05) is 25.1 Å². The van der Waals surface area contributed by atoms with Crippen molar-refractivity contribution in [3.05, 3.63) is 44.5 Å². The van der Waals surface area contributed by atoms with Crippen LogP contribution in [0.2, 0.25) is 0 Å². The van der Waals surface area contributed by atoms with Crippen LogP contribution in [0.15, 0.2) is 27.5 Å². The molecule has 0 saturated carbocycles. The zero-order valence-corrected chi connectivity index (χ0v) is 14.6. The summed E-state index contributed by atoms with van der Waals surface area (Å²) >= 11 is 3.43. The van der Waals surface area contributed by atoms with Crippen molar-refractivity contribution in [2.24, 2.45) is 0 Å². The van der Waals surface area contributed by atoms with Crippen LogP contribution in [-0.4, -0.2) is 20.3 Å². The first-order valence-electron chi connectivity index (χ1n) is 7.77. The average Bonchev–Trinajstić information content (AvgIpc) is 2.68. The molecule has 1 aliphatic rings. The van der Waals surface area contributed by atoms with Crippen molar-refractivity contribution in [2.45, 2.75) is 45.7 Å². The molecule has 2 heterocycles. The lowest BCUT2D eigenvalue weighted by atomic mass is 10.2. The van der Waals surface area contributed by atoms with Gasteiger partial charge >= 0.3 is 5.69 Å². The van der Waals surface area contributed by atoms with Crippen LogP contribution in [0.5, 0.6) is 0 Å². The lowest BCUT2D eigenvalue weighted by molar-refractivity contribution is -0.117. The van der Waals surface area contributed by atoms with Gasteiger partial charge in [0.2, 0.25) is 5.91 Å². The maximum Gasteiger partial charge on any atom is 0.346 e. The Labute approximate surface area is 142 Å². The number of amides is 1. The molecule has 0 saturated heterocycles. The van der Waals surface area contributed by atoms with Gasteiger partial charge in [0.25, 0.3) is 0 Å². The zero-order valence-electron chi connectivity index (χ0n) is 13.0. The Hall–Kier alpha value is -1.89. The molecule has 0 fully saturated rings.